The van der Waals surface area contributed by atoms with E-state index in [9.17, 15) is 29.8 Å². The Labute approximate surface area is 362 Å². The second-order valence-corrected chi connectivity index (χ2v) is 18.0. The van der Waals surface area contributed by atoms with Crippen LogP contribution in [0.3, 0.4) is 0 Å². The van der Waals surface area contributed by atoms with Gasteiger partial charge in [0.25, 0.3) is 11.4 Å². The van der Waals surface area contributed by atoms with Gasteiger partial charge in [-0.1, -0.05) is 100 Å². The zero-order chi connectivity index (χ0) is 44.1. The molecule has 4 atom stereocenters. The lowest BCUT2D eigenvalue weighted by Crippen LogP contribution is -2.55. The Hall–Kier alpha value is -5.63. The zero-order valence-corrected chi connectivity index (χ0v) is 37.0. The summed E-state index contributed by atoms with van der Waals surface area (Å²) >= 11 is 0.960. The number of amides is 2. The Kier molecular flexibility index (Phi) is 14.3. The van der Waals surface area contributed by atoms with Crippen LogP contribution in [0.25, 0.3) is 34.4 Å². The van der Waals surface area contributed by atoms with Gasteiger partial charge in [0.05, 0.1) is 30.8 Å². The van der Waals surface area contributed by atoms with Gasteiger partial charge in [0.2, 0.25) is 11.8 Å². The van der Waals surface area contributed by atoms with E-state index in [1.807, 2.05) is 104 Å². The van der Waals surface area contributed by atoms with Crippen molar-refractivity contribution in [3.63, 3.8) is 0 Å². The highest BCUT2D eigenvalue weighted by Crippen LogP contribution is 2.50. The fourth-order valence-electron chi connectivity index (χ4n) is 8.67. The third-order valence-electron chi connectivity index (χ3n) is 11.2. The molecule has 0 aromatic heterocycles. The zero-order valence-electron chi connectivity index (χ0n) is 36.2. The minimum absolute atomic E-state index is 0.00457. The summed E-state index contributed by atoms with van der Waals surface area (Å²) in [6, 6.07) is 22.2. The van der Waals surface area contributed by atoms with Crippen LogP contribution in [0.4, 0.5) is 11.4 Å². The molecule has 13 heteroatoms. The van der Waals surface area contributed by atoms with E-state index in [0.29, 0.717) is 59.6 Å². The van der Waals surface area contributed by atoms with Gasteiger partial charge in [-0.15, -0.1) is 0 Å². The standard InChI is InChI=1S/C48H56N6O6S/c1-29(2)37-13-9-11-15-39(37)45-35(19-23-43(55)51-25-31(5)49-32(6)26-51)17-21-41(47(45)53(57)58)61-42-22-18-36(20-24-44(56)52-27-33(7)50-34(8)28-52)46(48(42)54(59)60)40-16-12-10-14-38(40)30(3)4/h9-24,29-34,49-50H,25-28H2,1-8H3/b23-19+,24-20+. The van der Waals surface area contributed by atoms with Crippen molar-refractivity contribution in [2.45, 2.75) is 101 Å². The highest BCUT2D eigenvalue weighted by atomic mass is 32.2. The number of nitro groups is 2. The van der Waals surface area contributed by atoms with Crippen LogP contribution in [0.2, 0.25) is 0 Å². The molecule has 2 aliphatic rings. The van der Waals surface area contributed by atoms with E-state index in [4.69, 9.17) is 0 Å². The van der Waals surface area contributed by atoms with Crippen LogP contribution in [-0.4, -0.2) is 81.8 Å². The van der Waals surface area contributed by atoms with Crippen molar-refractivity contribution in [2.75, 3.05) is 26.2 Å². The van der Waals surface area contributed by atoms with Crippen molar-refractivity contribution in [2.24, 2.45) is 0 Å². The largest absolute Gasteiger partial charge is 0.336 e. The van der Waals surface area contributed by atoms with E-state index in [-0.39, 0.29) is 69.0 Å². The maximum Gasteiger partial charge on any atom is 0.291 e. The normalized spacial score (nSPS) is 19.6. The van der Waals surface area contributed by atoms with Crippen LogP contribution in [0, 0.1) is 20.2 Å². The molecule has 4 unspecified atom stereocenters. The van der Waals surface area contributed by atoms with Crippen LogP contribution < -0.4 is 10.6 Å². The lowest BCUT2D eigenvalue weighted by atomic mass is 9.89. The summed E-state index contributed by atoms with van der Waals surface area (Å²) in [5, 5.41) is 33.7. The van der Waals surface area contributed by atoms with Crippen molar-refractivity contribution >= 4 is 47.1 Å². The molecule has 0 radical (unpaired) electrons. The smallest absolute Gasteiger partial charge is 0.291 e. The van der Waals surface area contributed by atoms with E-state index < -0.39 is 9.85 Å². The first-order valence-electron chi connectivity index (χ1n) is 21.0. The third kappa shape index (κ3) is 10.3. The molecule has 2 fully saturated rings. The number of carbonyl (C=O) groups is 2. The SMILES string of the molecule is CC1CN(C(=O)/C=C/c2ccc(Sc3ccc(/C=C/C(=O)N4CC(C)NC(C)C4)c(-c4ccccc4C(C)C)c3[N+](=O)[O-])c([N+](=O)[O-])c2-c2ccccc2C(C)C)CC(C)N1. The van der Waals surface area contributed by atoms with Crippen molar-refractivity contribution < 1.29 is 19.4 Å². The van der Waals surface area contributed by atoms with Crippen molar-refractivity contribution in [3.8, 4) is 22.3 Å². The quantitative estimate of drug-likeness (QED) is 0.0807. The fourth-order valence-corrected chi connectivity index (χ4v) is 9.72. The van der Waals surface area contributed by atoms with Crippen LogP contribution in [0.5, 0.6) is 0 Å². The molecular weight excluding hydrogens is 789 g/mol. The average molecular weight is 845 g/mol. The molecule has 0 aliphatic carbocycles. The van der Waals surface area contributed by atoms with Gasteiger partial charge in [0, 0.05) is 62.5 Å². The number of nitrogens with zero attached hydrogens (tertiary/aromatic N) is 4. The molecule has 2 saturated heterocycles. The number of rotatable bonds is 12. The summed E-state index contributed by atoms with van der Waals surface area (Å²) in [5.41, 5.74) is 4.22. The first kappa shape index (κ1) is 44.9. The number of hydrogen-bond acceptors (Lipinski definition) is 9. The fraction of sp³-hybridized carbons (Fsp3) is 0.375. The molecule has 4 aromatic carbocycles. The number of nitrogens with one attached hydrogen (secondary N) is 2. The van der Waals surface area contributed by atoms with E-state index >= 15 is 0 Å². The van der Waals surface area contributed by atoms with Crippen molar-refractivity contribution in [1.29, 1.82) is 0 Å². The summed E-state index contributed by atoms with van der Waals surface area (Å²) in [6.07, 6.45) is 6.23. The molecule has 320 valence electrons. The summed E-state index contributed by atoms with van der Waals surface area (Å²) in [7, 11) is 0. The topological polar surface area (TPSA) is 151 Å². The molecule has 2 heterocycles. The molecule has 0 saturated carbocycles. The summed E-state index contributed by atoms with van der Waals surface area (Å²) in [4.78, 5) is 57.0. The van der Waals surface area contributed by atoms with Crippen LogP contribution in [0.1, 0.15) is 89.5 Å². The van der Waals surface area contributed by atoms with Gasteiger partial charge >= 0.3 is 0 Å². The molecular formula is C48H56N6O6S. The Morgan fingerprint density at radius 3 is 1.28 bits per heavy atom. The van der Waals surface area contributed by atoms with Gasteiger partial charge in [-0.25, -0.2) is 0 Å². The summed E-state index contributed by atoms with van der Waals surface area (Å²) in [5.74, 6) is -0.376. The number of hydrogen-bond donors (Lipinski definition) is 2. The van der Waals surface area contributed by atoms with E-state index in [1.54, 1.807) is 46.2 Å². The third-order valence-corrected chi connectivity index (χ3v) is 12.3. The number of carbonyl (C=O) groups excluding carboxylic acids is 2. The monoisotopic (exact) mass is 844 g/mol. The maximum atomic E-state index is 13.5. The predicted octanol–water partition coefficient (Wildman–Crippen LogP) is 9.68. The van der Waals surface area contributed by atoms with Gasteiger partial charge in [0.15, 0.2) is 0 Å². The lowest BCUT2D eigenvalue weighted by Gasteiger charge is -2.35. The first-order chi connectivity index (χ1) is 29.0. The Bertz CT molecular complexity index is 2190. The Morgan fingerprint density at radius 1 is 0.607 bits per heavy atom. The second-order valence-electron chi connectivity index (χ2n) is 16.9. The van der Waals surface area contributed by atoms with Gasteiger partial charge in [-0.05, 0) is 97.2 Å². The highest BCUT2D eigenvalue weighted by Gasteiger charge is 2.32. The molecule has 61 heavy (non-hydrogen) atoms. The van der Waals surface area contributed by atoms with Gasteiger partial charge in [-0.2, -0.15) is 0 Å². The highest BCUT2D eigenvalue weighted by molar-refractivity contribution is 7.99. The van der Waals surface area contributed by atoms with Gasteiger partial charge in [-0.3, -0.25) is 29.8 Å². The molecule has 12 nitrogen and oxygen atoms in total. The number of nitro benzene ring substituents is 2. The van der Waals surface area contributed by atoms with Crippen molar-refractivity contribution in [1.82, 2.24) is 20.4 Å². The number of piperazine rings is 2. The minimum Gasteiger partial charge on any atom is -0.336 e. The first-order valence-corrected chi connectivity index (χ1v) is 21.8. The molecule has 2 N–H and O–H groups in total. The van der Waals surface area contributed by atoms with E-state index in [2.05, 4.69) is 10.6 Å². The molecule has 2 aliphatic heterocycles. The number of benzene rings is 4. The molecule has 0 bridgehead atoms. The van der Waals surface area contributed by atoms with Gasteiger partial charge in [0.1, 0.15) is 0 Å². The van der Waals surface area contributed by atoms with Crippen LogP contribution >= 0.6 is 11.8 Å². The molecule has 6 rings (SSSR count). The average Bonchev–Trinajstić information content (AvgIpc) is 3.21. The summed E-state index contributed by atoms with van der Waals surface area (Å²) in [6.45, 7) is 18.3. The van der Waals surface area contributed by atoms with Crippen molar-refractivity contribution in [3.05, 3.63) is 127 Å². The minimum atomic E-state index is -0.436. The second kappa shape index (κ2) is 19.4. The summed E-state index contributed by atoms with van der Waals surface area (Å²) < 4.78 is 0. The van der Waals surface area contributed by atoms with Gasteiger partial charge < -0.3 is 20.4 Å². The maximum absolute atomic E-state index is 13.5. The predicted molar refractivity (Wildman–Crippen MR) is 245 cm³/mol. The Balaban J connectivity index is 1.52. The lowest BCUT2D eigenvalue weighted by molar-refractivity contribution is -0.387. The molecule has 4 aromatic rings. The van der Waals surface area contributed by atoms with E-state index in [1.165, 1.54) is 12.2 Å². The van der Waals surface area contributed by atoms with Crippen LogP contribution in [0.15, 0.2) is 94.7 Å². The van der Waals surface area contributed by atoms with E-state index in [0.717, 1.165) is 22.9 Å². The molecule has 0 spiro atoms. The van der Waals surface area contributed by atoms with Crippen LogP contribution in [-0.2, 0) is 9.59 Å². The molecule has 2 amide bonds. The Morgan fingerprint density at radius 2 is 0.951 bits per heavy atom.